The van der Waals surface area contributed by atoms with E-state index >= 15 is 0 Å². The van der Waals surface area contributed by atoms with Crippen molar-refractivity contribution in [2.45, 2.75) is 58.4 Å². The number of carbonyl (C=O) groups excluding carboxylic acids is 1. The molecule has 1 unspecified atom stereocenters. The summed E-state index contributed by atoms with van der Waals surface area (Å²) in [6.07, 6.45) is 3.50. The third-order valence-corrected chi connectivity index (χ3v) is 6.13. The van der Waals surface area contributed by atoms with E-state index < -0.39 is 0 Å². The largest absolute Gasteiger partial charge is 0.443 e. The number of piperidine rings is 3. The number of quaternary nitrogens is 1. The summed E-state index contributed by atoms with van der Waals surface area (Å²) in [7, 11) is 0. The topological polar surface area (TPSA) is 42.8 Å². The van der Waals surface area contributed by atoms with Gasteiger partial charge in [0, 0.05) is 24.4 Å². The van der Waals surface area contributed by atoms with Crippen LogP contribution < -0.4 is 10.2 Å². The molecule has 138 valence electrons. The minimum Gasteiger partial charge on any atom is -0.443 e. The number of ether oxygens (including phenoxy) is 1. The van der Waals surface area contributed by atoms with Crippen LogP contribution in [0.15, 0.2) is 24.3 Å². The predicted octanol–water partition coefficient (Wildman–Crippen LogP) is 3.24. The Hall–Kier alpha value is -1.55. The predicted molar refractivity (Wildman–Crippen MR) is 101 cm³/mol. The third-order valence-electron chi connectivity index (χ3n) is 6.13. The maximum Gasteiger partial charge on any atom is 0.411 e. The standard InChI is InChI=1S/C21H32N2O2/c1-5-15-13-23-11-10-16(15)12-19(23)14-25-20(24)22-18-8-6-17(7-9-18)21(2,3)4/h6-9,15-16,19H,5,10-14H2,1-4H3,(H,22,24)/p+1/t15-,16-,19+/m0/s1. The van der Waals surface area contributed by atoms with Crippen molar-refractivity contribution in [2.75, 3.05) is 25.0 Å². The molecule has 3 aliphatic rings. The zero-order valence-electron chi connectivity index (χ0n) is 16.1. The van der Waals surface area contributed by atoms with Gasteiger partial charge in [-0.3, -0.25) is 5.32 Å². The average molecular weight is 346 g/mol. The van der Waals surface area contributed by atoms with E-state index in [4.69, 9.17) is 4.74 Å². The van der Waals surface area contributed by atoms with Crippen molar-refractivity contribution in [2.24, 2.45) is 11.8 Å². The lowest BCUT2D eigenvalue weighted by molar-refractivity contribution is -0.946. The van der Waals surface area contributed by atoms with Gasteiger partial charge >= 0.3 is 6.09 Å². The maximum absolute atomic E-state index is 12.1. The van der Waals surface area contributed by atoms with Gasteiger partial charge in [-0.25, -0.2) is 4.79 Å². The lowest BCUT2D eigenvalue weighted by atomic mass is 9.75. The van der Waals surface area contributed by atoms with Gasteiger partial charge in [0.25, 0.3) is 0 Å². The smallest absolute Gasteiger partial charge is 0.411 e. The van der Waals surface area contributed by atoms with E-state index in [2.05, 4.69) is 45.1 Å². The van der Waals surface area contributed by atoms with E-state index in [1.54, 1.807) is 4.90 Å². The second-order valence-electron chi connectivity index (χ2n) is 8.81. The summed E-state index contributed by atoms with van der Waals surface area (Å²) < 4.78 is 5.53. The fraction of sp³-hybridized carbons (Fsp3) is 0.667. The summed E-state index contributed by atoms with van der Waals surface area (Å²) in [6, 6.07) is 8.51. The SMILES string of the molecule is CC[C@H]1C[NH+]2CC[C@H]1C[C@@H]2COC(=O)Nc1ccc(C(C)(C)C)cc1. The molecule has 3 aliphatic heterocycles. The fourth-order valence-corrected chi connectivity index (χ4v) is 4.47. The second-order valence-corrected chi connectivity index (χ2v) is 8.81. The molecule has 1 aromatic rings. The van der Waals surface area contributed by atoms with Gasteiger partial charge in [-0.1, -0.05) is 39.8 Å². The molecule has 25 heavy (non-hydrogen) atoms. The van der Waals surface area contributed by atoms with E-state index in [-0.39, 0.29) is 11.5 Å². The highest BCUT2D eigenvalue weighted by atomic mass is 16.5. The first-order valence-electron chi connectivity index (χ1n) is 9.75. The van der Waals surface area contributed by atoms with E-state index in [0.717, 1.165) is 17.5 Å². The Labute approximate surface area is 151 Å². The van der Waals surface area contributed by atoms with Gasteiger partial charge in [-0.2, -0.15) is 0 Å². The number of fused-ring (bicyclic) bond motifs is 3. The molecule has 3 fully saturated rings. The Morgan fingerprint density at radius 2 is 2.00 bits per heavy atom. The molecule has 0 radical (unpaired) electrons. The van der Waals surface area contributed by atoms with Crippen molar-refractivity contribution < 1.29 is 14.4 Å². The number of amides is 1. The van der Waals surface area contributed by atoms with Crippen molar-refractivity contribution >= 4 is 11.8 Å². The van der Waals surface area contributed by atoms with E-state index in [1.165, 1.54) is 37.9 Å². The highest BCUT2D eigenvalue weighted by Gasteiger charge is 2.43. The molecule has 0 aromatic heterocycles. The van der Waals surface area contributed by atoms with E-state index in [0.29, 0.717) is 12.6 Å². The number of hydrogen-bond donors (Lipinski definition) is 2. The summed E-state index contributed by atoms with van der Waals surface area (Å²) in [5, 5.41) is 2.85. The molecule has 4 heteroatoms. The van der Waals surface area contributed by atoms with Crippen molar-refractivity contribution in [3.05, 3.63) is 29.8 Å². The second kappa shape index (κ2) is 7.36. The van der Waals surface area contributed by atoms with Crippen LogP contribution in [-0.4, -0.2) is 31.8 Å². The van der Waals surface area contributed by atoms with Gasteiger partial charge in [0.15, 0.2) is 0 Å². The van der Waals surface area contributed by atoms with Crippen molar-refractivity contribution in [3.63, 3.8) is 0 Å². The molecular weight excluding hydrogens is 312 g/mol. The molecule has 4 rings (SSSR count). The third kappa shape index (κ3) is 4.35. The maximum atomic E-state index is 12.1. The Bertz CT molecular complexity index is 591. The zero-order valence-corrected chi connectivity index (χ0v) is 16.1. The van der Waals surface area contributed by atoms with Crippen LogP contribution in [0.25, 0.3) is 0 Å². The molecule has 4 nitrogen and oxygen atoms in total. The molecule has 0 aliphatic carbocycles. The number of benzene rings is 1. The molecule has 3 saturated heterocycles. The number of nitrogens with one attached hydrogen (secondary N) is 2. The summed E-state index contributed by atoms with van der Waals surface area (Å²) in [5.74, 6) is 1.71. The molecule has 0 saturated carbocycles. The molecule has 3 heterocycles. The summed E-state index contributed by atoms with van der Waals surface area (Å²) in [4.78, 5) is 13.8. The van der Waals surface area contributed by atoms with Crippen LogP contribution >= 0.6 is 0 Å². The van der Waals surface area contributed by atoms with Gasteiger partial charge in [0.1, 0.15) is 12.6 Å². The van der Waals surface area contributed by atoms with Crippen LogP contribution in [0.5, 0.6) is 0 Å². The Morgan fingerprint density at radius 3 is 2.56 bits per heavy atom. The molecule has 4 atom stereocenters. The fourth-order valence-electron chi connectivity index (χ4n) is 4.47. The average Bonchev–Trinajstić information content (AvgIpc) is 2.60. The molecule has 1 amide bonds. The number of anilines is 1. The summed E-state index contributed by atoms with van der Waals surface area (Å²) in [5.41, 5.74) is 2.17. The van der Waals surface area contributed by atoms with Crippen molar-refractivity contribution in [1.29, 1.82) is 0 Å². The van der Waals surface area contributed by atoms with Crippen molar-refractivity contribution in [3.8, 4) is 0 Å². The van der Waals surface area contributed by atoms with E-state index in [9.17, 15) is 4.79 Å². The van der Waals surface area contributed by atoms with Gasteiger partial charge in [-0.05, 0) is 35.4 Å². The first-order chi connectivity index (χ1) is 11.9. The van der Waals surface area contributed by atoms with Gasteiger partial charge in [-0.15, -0.1) is 0 Å². The van der Waals surface area contributed by atoms with Gasteiger partial charge in [0.05, 0.1) is 13.1 Å². The van der Waals surface area contributed by atoms with E-state index in [1.807, 2.05) is 12.1 Å². The minimum atomic E-state index is -0.336. The van der Waals surface area contributed by atoms with Crippen LogP contribution in [0.1, 0.15) is 52.5 Å². The van der Waals surface area contributed by atoms with Crippen LogP contribution in [0.3, 0.4) is 0 Å². The number of carbonyl (C=O) groups is 1. The van der Waals surface area contributed by atoms with Gasteiger partial charge in [0.2, 0.25) is 0 Å². The number of rotatable bonds is 4. The minimum absolute atomic E-state index is 0.118. The normalized spacial score (nSPS) is 28.6. The quantitative estimate of drug-likeness (QED) is 0.880. The summed E-state index contributed by atoms with van der Waals surface area (Å²) in [6.45, 7) is 11.9. The Kier molecular flexibility index (Phi) is 5.38. The first kappa shape index (κ1) is 18.2. The molecular formula is C21H33N2O2+. The molecule has 2 N–H and O–H groups in total. The monoisotopic (exact) mass is 345 g/mol. The number of hydrogen-bond acceptors (Lipinski definition) is 2. The highest BCUT2D eigenvalue weighted by molar-refractivity contribution is 5.84. The summed E-state index contributed by atoms with van der Waals surface area (Å²) >= 11 is 0. The van der Waals surface area contributed by atoms with Gasteiger partial charge < -0.3 is 9.64 Å². The lowest BCUT2D eigenvalue weighted by Crippen LogP contribution is -3.20. The molecule has 1 aromatic carbocycles. The highest BCUT2D eigenvalue weighted by Crippen LogP contribution is 2.29. The molecule has 0 spiro atoms. The molecule has 2 bridgehead atoms. The van der Waals surface area contributed by atoms with Crippen LogP contribution in [0.4, 0.5) is 10.5 Å². The lowest BCUT2D eigenvalue weighted by Gasteiger charge is -2.46. The van der Waals surface area contributed by atoms with Crippen LogP contribution in [0.2, 0.25) is 0 Å². The Balaban J connectivity index is 1.47. The van der Waals surface area contributed by atoms with Crippen molar-refractivity contribution in [1.82, 2.24) is 0 Å². The van der Waals surface area contributed by atoms with Crippen LogP contribution in [0, 0.1) is 11.8 Å². The zero-order chi connectivity index (χ0) is 18.0. The van der Waals surface area contributed by atoms with Crippen LogP contribution in [-0.2, 0) is 10.2 Å². The first-order valence-corrected chi connectivity index (χ1v) is 9.75. The Morgan fingerprint density at radius 1 is 1.28 bits per heavy atom.